The Morgan fingerprint density at radius 1 is 0.760 bits per heavy atom. The van der Waals surface area contributed by atoms with E-state index in [2.05, 4.69) is 139 Å². The van der Waals surface area contributed by atoms with Gasteiger partial charge in [0, 0.05) is 34.5 Å². The molecule has 50 heavy (non-hydrogen) atoms. The molecule has 0 aliphatic heterocycles. The number of nitrogens with zero attached hydrogens (tertiary/aromatic N) is 4. The number of aromatic nitrogens is 4. The number of hydrogen-bond donors (Lipinski definition) is 0. The molecular weight excluding hydrogens is 707 g/mol. The molecule has 5 nitrogen and oxygen atoms in total. The summed E-state index contributed by atoms with van der Waals surface area (Å²) < 4.78 is 10.9. The van der Waals surface area contributed by atoms with Crippen LogP contribution in [0.2, 0.25) is 0 Å². The van der Waals surface area contributed by atoms with Crippen molar-refractivity contribution in [2.24, 2.45) is 0 Å². The third-order valence-electron chi connectivity index (χ3n) is 9.72. The van der Waals surface area contributed by atoms with Gasteiger partial charge >= 0.3 is 20.4 Å². The normalized spacial score (nSPS) is 11.5. The average molecular weight is 751 g/mol. The molecule has 0 N–H and O–H groups in total. The summed E-state index contributed by atoms with van der Waals surface area (Å²) in [6.07, 6.45) is 4.77. The van der Waals surface area contributed by atoms with Crippen LogP contribution in [0.15, 0.2) is 79.0 Å². The molecule has 0 unspecified atom stereocenters. The minimum Gasteiger partial charge on any atom is -0.509 e. The van der Waals surface area contributed by atoms with Crippen molar-refractivity contribution in [3.63, 3.8) is 0 Å². The van der Waals surface area contributed by atoms with Gasteiger partial charge < -0.3 is 9.30 Å². The number of rotatable bonds is 9. The van der Waals surface area contributed by atoms with E-state index in [0.29, 0.717) is 11.5 Å². The fraction of sp³-hybridized carbons (Fsp3) is 0.273. The first-order chi connectivity index (χ1) is 23.7. The number of benzene rings is 4. The second kappa shape index (κ2) is 14.4. The Labute approximate surface area is 310 Å². The van der Waals surface area contributed by atoms with Gasteiger partial charge in [0.1, 0.15) is 5.82 Å². The van der Waals surface area contributed by atoms with Crippen molar-refractivity contribution in [1.82, 2.24) is 19.3 Å². The van der Waals surface area contributed by atoms with Crippen LogP contribution in [0.5, 0.6) is 11.5 Å². The van der Waals surface area contributed by atoms with Crippen LogP contribution in [0.3, 0.4) is 0 Å². The Balaban J connectivity index is 0.00000432. The van der Waals surface area contributed by atoms with Crippen molar-refractivity contribution in [2.75, 3.05) is 0 Å². The van der Waals surface area contributed by atoms with Crippen molar-refractivity contribution in [2.45, 2.75) is 80.6 Å². The summed E-state index contributed by atoms with van der Waals surface area (Å²) in [5.74, 6) is 2.42. The van der Waals surface area contributed by atoms with Crippen LogP contribution >= 0.6 is 0 Å². The summed E-state index contributed by atoms with van der Waals surface area (Å²) in [5.41, 5.74) is 14.0. The minimum absolute atomic E-state index is 0. The van der Waals surface area contributed by atoms with Gasteiger partial charge in [-0.3, -0.25) is 4.68 Å². The molecule has 6 heteroatoms. The molecule has 0 aliphatic rings. The van der Waals surface area contributed by atoms with Crippen LogP contribution in [0, 0.1) is 32.9 Å². The molecule has 0 aliphatic carbocycles. The molecule has 7 rings (SSSR count). The zero-order valence-electron chi connectivity index (χ0n) is 30.2. The van der Waals surface area contributed by atoms with Crippen LogP contribution < -0.4 is 4.74 Å². The zero-order valence-corrected chi connectivity index (χ0v) is 31.8. The number of aryl methyl sites for hydroxylation is 5. The van der Waals surface area contributed by atoms with Crippen molar-refractivity contribution in [3.05, 3.63) is 130 Å². The zero-order chi connectivity index (χ0) is 34.4. The van der Waals surface area contributed by atoms with Crippen molar-refractivity contribution >= 4 is 21.8 Å². The van der Waals surface area contributed by atoms with Crippen LogP contribution in [0.4, 0.5) is 0 Å². The largest absolute Gasteiger partial charge is 2.00 e. The predicted molar refractivity (Wildman–Crippen MR) is 202 cm³/mol. The first-order valence-electron chi connectivity index (χ1n) is 17.6. The Morgan fingerprint density at radius 2 is 1.50 bits per heavy atom. The van der Waals surface area contributed by atoms with Crippen molar-refractivity contribution in [3.8, 4) is 34.1 Å². The number of para-hydroxylation sites is 1. The maximum atomic E-state index is 6.63. The van der Waals surface area contributed by atoms with Gasteiger partial charge in [0.25, 0.3) is 0 Å². The van der Waals surface area contributed by atoms with E-state index in [1.54, 1.807) is 0 Å². The Hall–Kier alpha value is -4.50. The van der Waals surface area contributed by atoms with Crippen LogP contribution in [-0.2, 0) is 39.7 Å². The van der Waals surface area contributed by atoms with Gasteiger partial charge in [0.05, 0.1) is 5.69 Å². The molecule has 0 bridgehead atoms. The van der Waals surface area contributed by atoms with Gasteiger partial charge in [-0.25, -0.2) is 4.98 Å². The molecule has 3 heterocycles. The number of fused-ring (bicyclic) bond motifs is 3. The molecule has 0 saturated heterocycles. The maximum absolute atomic E-state index is 6.63. The molecular formula is C44H44N4OPd. The molecule has 0 amide bonds. The SMILES string of the molecule is CCc1ccnc(-n2c3[c-]c(Oc4[c-]c(-n5nc(C)c(-c6c(CC)cc(C)cc6CC)c5C)cc(C(C)C)c4)ccc3c3ccccc32)c1.[Pd+2]. The molecule has 0 spiro atoms. The molecule has 3 aromatic heterocycles. The fourth-order valence-corrected chi connectivity index (χ4v) is 7.20. The van der Waals surface area contributed by atoms with E-state index >= 15 is 0 Å². The van der Waals surface area contributed by atoms with E-state index < -0.39 is 0 Å². The summed E-state index contributed by atoms with van der Waals surface area (Å²) >= 11 is 0. The van der Waals surface area contributed by atoms with E-state index in [0.717, 1.165) is 69.5 Å². The molecule has 0 saturated carbocycles. The summed E-state index contributed by atoms with van der Waals surface area (Å²) in [6.45, 7) is 17.5. The van der Waals surface area contributed by atoms with Crippen molar-refractivity contribution in [1.29, 1.82) is 0 Å². The summed E-state index contributed by atoms with van der Waals surface area (Å²) in [6, 6.07) is 32.9. The second-order valence-electron chi connectivity index (χ2n) is 13.4. The Bertz CT molecular complexity index is 2320. The smallest absolute Gasteiger partial charge is 0.509 e. The van der Waals surface area contributed by atoms with Gasteiger partial charge in [-0.05, 0) is 97.5 Å². The summed E-state index contributed by atoms with van der Waals surface area (Å²) in [5, 5.41) is 7.38. The third kappa shape index (κ3) is 6.32. The van der Waals surface area contributed by atoms with E-state index in [9.17, 15) is 0 Å². The first kappa shape index (κ1) is 35.3. The van der Waals surface area contributed by atoms with Gasteiger partial charge in [0.2, 0.25) is 0 Å². The third-order valence-corrected chi connectivity index (χ3v) is 9.72. The molecule has 256 valence electrons. The van der Waals surface area contributed by atoms with E-state index in [4.69, 9.17) is 14.8 Å². The maximum Gasteiger partial charge on any atom is 2.00 e. The summed E-state index contributed by atoms with van der Waals surface area (Å²) in [7, 11) is 0. The average Bonchev–Trinajstić information content (AvgIpc) is 3.59. The standard InChI is InChI=1S/C44H44N4O.Pd/c1-9-31-18-19-45-42(22-31)47-40-15-13-12-14-38(40)39-17-16-36(26-41(39)47)49-37-24-34(27(4)5)23-35(25-37)48-30(8)43(29(7)46-48)44-32(10-2)20-28(6)21-33(44)11-3;/h12-24,27H,9-11H2,1-8H3;/q-2;+2. The Kier molecular flexibility index (Phi) is 10.2. The molecule has 0 atom stereocenters. The quantitative estimate of drug-likeness (QED) is 0.109. The molecule has 0 fully saturated rings. The van der Waals surface area contributed by atoms with Crippen LogP contribution in [-0.4, -0.2) is 19.3 Å². The topological polar surface area (TPSA) is 44.9 Å². The van der Waals surface area contributed by atoms with E-state index in [1.165, 1.54) is 33.4 Å². The van der Waals surface area contributed by atoms with E-state index in [-0.39, 0.29) is 26.3 Å². The fourth-order valence-electron chi connectivity index (χ4n) is 7.20. The van der Waals surface area contributed by atoms with Crippen LogP contribution in [0.25, 0.3) is 44.4 Å². The predicted octanol–water partition coefficient (Wildman–Crippen LogP) is 11.2. The Morgan fingerprint density at radius 3 is 2.20 bits per heavy atom. The summed E-state index contributed by atoms with van der Waals surface area (Å²) in [4.78, 5) is 4.77. The van der Waals surface area contributed by atoms with Crippen LogP contribution in [0.1, 0.15) is 79.7 Å². The van der Waals surface area contributed by atoms with Gasteiger partial charge in [-0.15, -0.1) is 41.3 Å². The van der Waals surface area contributed by atoms with Gasteiger partial charge in [0.15, 0.2) is 0 Å². The first-order valence-corrected chi connectivity index (χ1v) is 17.6. The second-order valence-corrected chi connectivity index (χ2v) is 13.4. The minimum atomic E-state index is 0. The number of pyridine rings is 1. The van der Waals surface area contributed by atoms with Gasteiger partial charge in [-0.1, -0.05) is 76.0 Å². The van der Waals surface area contributed by atoms with E-state index in [1.807, 2.05) is 16.9 Å². The van der Waals surface area contributed by atoms with Crippen molar-refractivity contribution < 1.29 is 25.2 Å². The molecule has 4 aromatic carbocycles. The molecule has 7 aromatic rings. The number of hydrogen-bond acceptors (Lipinski definition) is 3. The monoisotopic (exact) mass is 750 g/mol. The molecule has 0 radical (unpaired) electrons. The number of ether oxygens (including phenoxy) is 1. The van der Waals surface area contributed by atoms with Gasteiger partial charge in [-0.2, -0.15) is 11.2 Å².